The molecule has 0 spiro atoms. The number of hydrogen-bond acceptors (Lipinski definition) is 4. The van der Waals surface area contributed by atoms with Gasteiger partial charge in [-0.2, -0.15) is 0 Å². The summed E-state index contributed by atoms with van der Waals surface area (Å²) >= 11 is 1.38. The van der Waals surface area contributed by atoms with Crippen molar-refractivity contribution in [2.45, 2.75) is 25.8 Å². The first-order valence-electron chi connectivity index (χ1n) is 4.67. The van der Waals surface area contributed by atoms with Crippen molar-refractivity contribution in [2.75, 3.05) is 5.32 Å². The first kappa shape index (κ1) is 10.1. The highest BCUT2D eigenvalue weighted by molar-refractivity contribution is 7.13. The van der Waals surface area contributed by atoms with Crippen molar-refractivity contribution < 1.29 is 9.59 Å². The second-order valence-electron chi connectivity index (χ2n) is 3.44. The molecule has 1 aliphatic rings. The van der Waals surface area contributed by atoms with Gasteiger partial charge < -0.3 is 10.6 Å². The minimum absolute atomic E-state index is 0.0644. The van der Waals surface area contributed by atoms with Crippen LogP contribution in [-0.2, 0) is 9.59 Å². The average molecular weight is 225 g/mol. The van der Waals surface area contributed by atoms with Crippen LogP contribution in [0.15, 0.2) is 5.38 Å². The van der Waals surface area contributed by atoms with E-state index in [0.717, 1.165) is 5.69 Å². The third-order valence-corrected chi connectivity index (χ3v) is 3.04. The third kappa shape index (κ3) is 2.33. The number of rotatable bonds is 2. The molecule has 1 aliphatic heterocycles. The molecular formula is C9H11N3O2S. The van der Waals surface area contributed by atoms with Crippen LogP contribution < -0.4 is 10.6 Å². The minimum Gasteiger partial charge on any atom is -0.344 e. The van der Waals surface area contributed by atoms with Crippen LogP contribution in [0, 0.1) is 6.92 Å². The van der Waals surface area contributed by atoms with E-state index in [4.69, 9.17) is 0 Å². The van der Waals surface area contributed by atoms with Crippen LogP contribution in [0.3, 0.4) is 0 Å². The Labute approximate surface area is 90.9 Å². The van der Waals surface area contributed by atoms with E-state index >= 15 is 0 Å². The van der Waals surface area contributed by atoms with E-state index in [1.165, 1.54) is 11.3 Å². The van der Waals surface area contributed by atoms with E-state index < -0.39 is 6.04 Å². The molecule has 1 atom stereocenters. The molecule has 0 aliphatic carbocycles. The molecule has 80 valence electrons. The fourth-order valence-corrected chi connectivity index (χ4v) is 2.11. The number of aryl methyl sites for hydroxylation is 1. The molecule has 1 aromatic rings. The summed E-state index contributed by atoms with van der Waals surface area (Å²) in [7, 11) is 0. The highest BCUT2D eigenvalue weighted by atomic mass is 32.1. The van der Waals surface area contributed by atoms with Gasteiger partial charge in [0.15, 0.2) is 5.13 Å². The molecule has 1 aromatic heterocycles. The molecule has 0 unspecified atom stereocenters. The van der Waals surface area contributed by atoms with Gasteiger partial charge in [-0.1, -0.05) is 0 Å². The summed E-state index contributed by atoms with van der Waals surface area (Å²) in [5.74, 6) is -0.249. The Kier molecular flexibility index (Phi) is 2.68. The van der Waals surface area contributed by atoms with Crippen molar-refractivity contribution >= 4 is 28.3 Å². The zero-order valence-electron chi connectivity index (χ0n) is 8.24. The number of carbonyl (C=O) groups excluding carboxylic acids is 2. The number of aromatic nitrogens is 1. The van der Waals surface area contributed by atoms with Gasteiger partial charge in [-0.25, -0.2) is 4.98 Å². The Morgan fingerprint density at radius 3 is 3.07 bits per heavy atom. The molecular weight excluding hydrogens is 214 g/mol. The third-order valence-electron chi connectivity index (χ3n) is 2.16. The molecule has 0 saturated carbocycles. The normalized spacial score (nSPS) is 20.1. The first-order chi connectivity index (χ1) is 7.15. The highest BCUT2D eigenvalue weighted by Crippen LogP contribution is 2.16. The number of thiazole rings is 1. The van der Waals surface area contributed by atoms with Gasteiger partial charge >= 0.3 is 0 Å². The molecule has 1 saturated heterocycles. The molecule has 2 N–H and O–H groups in total. The molecule has 2 heterocycles. The lowest BCUT2D eigenvalue weighted by Crippen LogP contribution is -2.37. The number of hydrogen-bond donors (Lipinski definition) is 2. The van der Waals surface area contributed by atoms with Gasteiger partial charge in [0.2, 0.25) is 11.8 Å². The Hall–Kier alpha value is -1.43. The molecule has 0 radical (unpaired) electrons. The second-order valence-corrected chi connectivity index (χ2v) is 4.30. The SMILES string of the molecule is Cc1csc(NC(=O)[C@H]2CCC(=O)N2)n1. The molecule has 0 aromatic carbocycles. The van der Waals surface area contributed by atoms with E-state index in [-0.39, 0.29) is 11.8 Å². The summed E-state index contributed by atoms with van der Waals surface area (Å²) in [6.07, 6.45) is 0.990. The fourth-order valence-electron chi connectivity index (χ4n) is 1.41. The number of anilines is 1. The van der Waals surface area contributed by atoms with Gasteiger partial charge in [-0.3, -0.25) is 9.59 Å². The summed E-state index contributed by atoms with van der Waals surface area (Å²) in [6.45, 7) is 1.86. The highest BCUT2D eigenvalue weighted by Gasteiger charge is 2.27. The maximum atomic E-state index is 11.6. The van der Waals surface area contributed by atoms with Crippen molar-refractivity contribution in [3.05, 3.63) is 11.1 Å². The van der Waals surface area contributed by atoms with Crippen LogP contribution >= 0.6 is 11.3 Å². The van der Waals surface area contributed by atoms with Crippen LogP contribution in [0.1, 0.15) is 18.5 Å². The van der Waals surface area contributed by atoms with Crippen LogP contribution in [0.5, 0.6) is 0 Å². The van der Waals surface area contributed by atoms with E-state index in [2.05, 4.69) is 15.6 Å². The first-order valence-corrected chi connectivity index (χ1v) is 5.55. The van der Waals surface area contributed by atoms with E-state index in [1.807, 2.05) is 12.3 Å². The lowest BCUT2D eigenvalue weighted by atomic mass is 10.2. The molecule has 5 nitrogen and oxygen atoms in total. The van der Waals surface area contributed by atoms with Gasteiger partial charge in [-0.05, 0) is 13.3 Å². The van der Waals surface area contributed by atoms with Crippen molar-refractivity contribution in [3.8, 4) is 0 Å². The van der Waals surface area contributed by atoms with Crippen LogP contribution in [0.2, 0.25) is 0 Å². The Balaban J connectivity index is 1.95. The summed E-state index contributed by atoms with van der Waals surface area (Å²) in [5.41, 5.74) is 0.880. The van der Waals surface area contributed by atoms with Crippen molar-refractivity contribution in [3.63, 3.8) is 0 Å². The predicted molar refractivity (Wildman–Crippen MR) is 56.6 cm³/mol. The standard InChI is InChI=1S/C9H11N3O2S/c1-5-4-15-9(10-5)12-8(14)6-2-3-7(13)11-6/h4,6H,2-3H2,1H3,(H,11,13)(H,10,12,14)/t6-/m1/s1. The Morgan fingerprint density at radius 1 is 1.73 bits per heavy atom. The quantitative estimate of drug-likeness (QED) is 0.777. The lowest BCUT2D eigenvalue weighted by molar-refractivity contribution is -0.122. The predicted octanol–water partition coefficient (Wildman–Crippen LogP) is 0.669. The molecule has 1 fully saturated rings. The number of nitrogens with zero attached hydrogens (tertiary/aromatic N) is 1. The van der Waals surface area contributed by atoms with E-state index in [1.54, 1.807) is 0 Å². The Bertz CT molecular complexity index is 402. The average Bonchev–Trinajstić information content (AvgIpc) is 2.75. The summed E-state index contributed by atoms with van der Waals surface area (Å²) in [5, 5.41) is 7.73. The van der Waals surface area contributed by atoms with E-state index in [0.29, 0.717) is 18.0 Å². The zero-order chi connectivity index (χ0) is 10.8. The molecule has 6 heteroatoms. The number of amides is 2. The van der Waals surface area contributed by atoms with Gasteiger partial charge in [0.05, 0.1) is 5.69 Å². The summed E-state index contributed by atoms with van der Waals surface area (Å²) in [6, 6.07) is -0.401. The maximum absolute atomic E-state index is 11.6. The minimum atomic E-state index is -0.401. The number of nitrogens with one attached hydrogen (secondary N) is 2. The molecule has 2 amide bonds. The van der Waals surface area contributed by atoms with Gasteiger partial charge in [0, 0.05) is 11.8 Å². The van der Waals surface area contributed by atoms with Crippen molar-refractivity contribution in [2.24, 2.45) is 0 Å². The summed E-state index contributed by atoms with van der Waals surface area (Å²) < 4.78 is 0. The van der Waals surface area contributed by atoms with Crippen LogP contribution in [0.25, 0.3) is 0 Å². The monoisotopic (exact) mass is 225 g/mol. The molecule has 15 heavy (non-hydrogen) atoms. The van der Waals surface area contributed by atoms with Crippen LogP contribution in [0.4, 0.5) is 5.13 Å². The smallest absolute Gasteiger partial charge is 0.248 e. The Morgan fingerprint density at radius 2 is 2.53 bits per heavy atom. The molecule has 0 bridgehead atoms. The summed E-state index contributed by atoms with van der Waals surface area (Å²) in [4.78, 5) is 26.6. The van der Waals surface area contributed by atoms with Gasteiger partial charge in [-0.15, -0.1) is 11.3 Å². The fraction of sp³-hybridized carbons (Fsp3) is 0.444. The maximum Gasteiger partial charge on any atom is 0.248 e. The lowest BCUT2D eigenvalue weighted by Gasteiger charge is -2.08. The van der Waals surface area contributed by atoms with Crippen LogP contribution in [-0.4, -0.2) is 22.8 Å². The molecule has 2 rings (SSSR count). The van der Waals surface area contributed by atoms with Crippen molar-refractivity contribution in [1.82, 2.24) is 10.3 Å². The second kappa shape index (κ2) is 3.98. The van der Waals surface area contributed by atoms with Gasteiger partial charge in [0.25, 0.3) is 0 Å². The topological polar surface area (TPSA) is 71.1 Å². The largest absolute Gasteiger partial charge is 0.344 e. The zero-order valence-corrected chi connectivity index (χ0v) is 9.06. The van der Waals surface area contributed by atoms with E-state index in [9.17, 15) is 9.59 Å². The van der Waals surface area contributed by atoms with Crippen molar-refractivity contribution in [1.29, 1.82) is 0 Å². The van der Waals surface area contributed by atoms with Gasteiger partial charge in [0.1, 0.15) is 6.04 Å². The number of carbonyl (C=O) groups is 2.